The van der Waals surface area contributed by atoms with E-state index < -0.39 is 0 Å². The molecule has 0 saturated carbocycles. The second kappa shape index (κ2) is 11.1. The average Bonchev–Trinajstić information content (AvgIpc) is 2.89. The quantitative estimate of drug-likeness (QED) is 0.199. The van der Waals surface area contributed by atoms with Crippen molar-refractivity contribution in [3.8, 4) is 39.9 Å². The maximum Gasteiger partial charge on any atom is 0.217 e. The molecule has 0 aliphatic carbocycles. The van der Waals surface area contributed by atoms with Gasteiger partial charge in [0.2, 0.25) is 5.88 Å². The fraction of sp³-hybridized carbons (Fsp3) is 0.0667. The van der Waals surface area contributed by atoms with Gasteiger partial charge in [0.1, 0.15) is 5.75 Å². The number of rotatable bonds is 6. The van der Waals surface area contributed by atoms with Crippen LogP contribution in [0.5, 0.6) is 17.4 Å². The predicted molar refractivity (Wildman–Crippen MR) is 134 cm³/mol. The summed E-state index contributed by atoms with van der Waals surface area (Å²) < 4.78 is 6.07. The summed E-state index contributed by atoms with van der Waals surface area (Å²) in [6, 6.07) is 36.2. The molecule has 0 fully saturated rings. The summed E-state index contributed by atoms with van der Waals surface area (Å²) in [4.78, 5) is 9.12. The smallest absolute Gasteiger partial charge is 0.217 e. The van der Waals surface area contributed by atoms with E-state index in [2.05, 4.69) is 30.1 Å². The van der Waals surface area contributed by atoms with Gasteiger partial charge in [-0.3, -0.25) is 4.98 Å². The Labute approximate surface area is 219 Å². The van der Waals surface area contributed by atoms with E-state index in [1.165, 1.54) is 5.56 Å². The first-order valence-corrected chi connectivity index (χ1v) is 11.1. The molecule has 3 aromatic carbocycles. The molecular formula is C30H23N2O2Pt-. The van der Waals surface area contributed by atoms with E-state index in [1.54, 1.807) is 18.3 Å². The monoisotopic (exact) mass is 638 g/mol. The Morgan fingerprint density at radius 1 is 0.771 bits per heavy atom. The number of nitrogens with zero attached hydrogens (tertiary/aromatic N) is 2. The topological polar surface area (TPSA) is 55.2 Å². The Morgan fingerprint density at radius 2 is 1.51 bits per heavy atom. The largest absolute Gasteiger partial charge is 0.507 e. The predicted octanol–water partition coefficient (Wildman–Crippen LogP) is 7.26. The van der Waals surface area contributed by atoms with Crippen LogP contribution >= 0.6 is 0 Å². The summed E-state index contributed by atoms with van der Waals surface area (Å²) in [6.45, 7) is 2.17. The molecule has 1 unspecified atom stereocenters. The van der Waals surface area contributed by atoms with Gasteiger partial charge in [0.05, 0.1) is 5.69 Å². The molecule has 0 bridgehead atoms. The van der Waals surface area contributed by atoms with Gasteiger partial charge in [-0.25, -0.2) is 4.98 Å². The number of benzene rings is 3. The normalized spacial score (nSPS) is 11.3. The van der Waals surface area contributed by atoms with Crippen molar-refractivity contribution in [2.75, 3.05) is 0 Å². The van der Waals surface area contributed by atoms with Crippen molar-refractivity contribution in [1.29, 1.82) is 0 Å². The van der Waals surface area contributed by atoms with Crippen LogP contribution in [-0.2, 0) is 21.1 Å². The van der Waals surface area contributed by atoms with Gasteiger partial charge in [-0.15, -0.1) is 23.8 Å². The Kier molecular flexibility index (Phi) is 7.74. The van der Waals surface area contributed by atoms with Gasteiger partial charge in [0, 0.05) is 50.6 Å². The molecule has 176 valence electrons. The molecule has 4 nitrogen and oxygen atoms in total. The molecular weight excluding hydrogens is 615 g/mol. The molecule has 0 spiro atoms. The number of hydrogen-bond acceptors (Lipinski definition) is 4. The van der Waals surface area contributed by atoms with E-state index in [4.69, 9.17) is 9.72 Å². The fourth-order valence-electron chi connectivity index (χ4n) is 3.88. The summed E-state index contributed by atoms with van der Waals surface area (Å²) in [5.74, 6) is 1.50. The van der Waals surface area contributed by atoms with Gasteiger partial charge < -0.3 is 9.84 Å². The molecule has 0 radical (unpaired) electrons. The number of pyridine rings is 2. The van der Waals surface area contributed by atoms with Crippen LogP contribution in [0.1, 0.15) is 24.0 Å². The number of phenolic OH excluding ortho intramolecular Hbond substituents is 1. The van der Waals surface area contributed by atoms with Crippen molar-refractivity contribution >= 4 is 0 Å². The van der Waals surface area contributed by atoms with Gasteiger partial charge in [0.15, 0.2) is 0 Å². The molecule has 5 heteroatoms. The second-order valence-corrected chi connectivity index (χ2v) is 8.02. The minimum absolute atomic E-state index is 0. The SMILES string of the molecule is CC(c1ccccc1)c1ccnc(Oc2[c-]c(-c3cccc(-c4ccccc4O)n3)ccc2)c1.[Pt]. The number of phenols is 1. The number of aromatic nitrogens is 2. The first-order chi connectivity index (χ1) is 16.7. The number of hydrogen-bond donors (Lipinski definition) is 1. The summed E-state index contributed by atoms with van der Waals surface area (Å²) in [7, 11) is 0. The third kappa shape index (κ3) is 5.67. The molecule has 5 aromatic rings. The van der Waals surface area contributed by atoms with E-state index >= 15 is 0 Å². The van der Waals surface area contributed by atoms with Crippen LogP contribution in [0.15, 0.2) is 109 Å². The van der Waals surface area contributed by atoms with E-state index in [0.717, 1.165) is 16.8 Å². The number of ether oxygens (including phenoxy) is 1. The van der Waals surface area contributed by atoms with E-state index in [9.17, 15) is 5.11 Å². The zero-order chi connectivity index (χ0) is 23.3. The summed E-state index contributed by atoms with van der Waals surface area (Å²) in [6.07, 6.45) is 1.77. The Morgan fingerprint density at radius 3 is 2.34 bits per heavy atom. The van der Waals surface area contributed by atoms with Crippen molar-refractivity contribution in [2.24, 2.45) is 0 Å². The van der Waals surface area contributed by atoms with E-state index in [1.807, 2.05) is 78.9 Å². The zero-order valence-electron chi connectivity index (χ0n) is 19.0. The standard InChI is InChI=1S/C30H23N2O2.Pt/c1-21(22-9-3-2-4-10-22)23-17-18-31-30(20-23)34-25-12-7-11-24(19-25)27-14-8-15-28(32-27)26-13-5-6-16-29(26)33;/h2-18,20-21,33H,1H3;/q-1;. The molecule has 2 heterocycles. The molecule has 35 heavy (non-hydrogen) atoms. The maximum atomic E-state index is 10.2. The van der Waals surface area contributed by atoms with E-state index in [0.29, 0.717) is 22.9 Å². The van der Waals surface area contributed by atoms with Crippen molar-refractivity contribution < 1.29 is 30.9 Å². The van der Waals surface area contributed by atoms with Crippen molar-refractivity contribution in [2.45, 2.75) is 12.8 Å². The van der Waals surface area contributed by atoms with Crippen LogP contribution in [0.25, 0.3) is 22.5 Å². The first-order valence-electron chi connectivity index (χ1n) is 11.1. The van der Waals surface area contributed by atoms with Crippen LogP contribution in [0.4, 0.5) is 0 Å². The molecule has 0 saturated heterocycles. The van der Waals surface area contributed by atoms with Crippen molar-refractivity contribution in [3.63, 3.8) is 0 Å². The molecule has 2 aromatic heterocycles. The van der Waals surface area contributed by atoms with Gasteiger partial charge in [0.25, 0.3) is 0 Å². The first kappa shape index (κ1) is 24.4. The van der Waals surface area contributed by atoms with Gasteiger partial charge >= 0.3 is 0 Å². The molecule has 1 atom stereocenters. The Bertz CT molecular complexity index is 1420. The molecule has 0 amide bonds. The Hall–Kier alpha value is -3.75. The Balaban J connectivity index is 0.00000289. The molecule has 0 aliphatic rings. The molecule has 5 rings (SSSR count). The van der Waals surface area contributed by atoms with Crippen LogP contribution in [0.3, 0.4) is 0 Å². The maximum absolute atomic E-state index is 10.2. The van der Waals surface area contributed by atoms with Gasteiger partial charge in [-0.2, -0.15) is 0 Å². The number of aromatic hydroxyl groups is 1. The third-order valence-electron chi connectivity index (χ3n) is 5.75. The van der Waals surface area contributed by atoms with Crippen LogP contribution in [-0.4, -0.2) is 15.1 Å². The fourth-order valence-corrected chi connectivity index (χ4v) is 3.88. The number of para-hydroxylation sites is 1. The molecule has 0 aliphatic heterocycles. The summed E-state index contributed by atoms with van der Waals surface area (Å²) in [5, 5.41) is 10.2. The van der Waals surface area contributed by atoms with Crippen molar-refractivity contribution in [1.82, 2.24) is 9.97 Å². The zero-order valence-corrected chi connectivity index (χ0v) is 21.3. The molecule has 1 N–H and O–H groups in total. The van der Waals surface area contributed by atoms with Gasteiger partial charge in [-0.05, 0) is 41.1 Å². The summed E-state index contributed by atoms with van der Waals surface area (Å²) >= 11 is 0. The minimum atomic E-state index is 0. The van der Waals surface area contributed by atoms with Crippen LogP contribution in [0.2, 0.25) is 0 Å². The third-order valence-corrected chi connectivity index (χ3v) is 5.75. The summed E-state index contributed by atoms with van der Waals surface area (Å²) in [5.41, 5.74) is 5.28. The van der Waals surface area contributed by atoms with E-state index in [-0.39, 0.29) is 32.7 Å². The van der Waals surface area contributed by atoms with Crippen molar-refractivity contribution in [3.05, 3.63) is 127 Å². The minimum Gasteiger partial charge on any atom is -0.507 e. The van der Waals surface area contributed by atoms with Crippen LogP contribution < -0.4 is 4.74 Å². The van der Waals surface area contributed by atoms with Crippen LogP contribution in [0, 0.1) is 6.07 Å². The average molecular weight is 639 g/mol. The van der Waals surface area contributed by atoms with Gasteiger partial charge in [-0.1, -0.05) is 67.6 Å². The second-order valence-electron chi connectivity index (χ2n) is 8.02.